The van der Waals surface area contributed by atoms with Crippen LogP contribution in [-0.2, 0) is 19.2 Å². The molecule has 130 valence electrons. The van der Waals surface area contributed by atoms with E-state index in [1.54, 1.807) is 0 Å². The Bertz CT molecular complexity index is 338. The first-order valence-corrected chi connectivity index (χ1v) is 5.64. The number of hydrogen-bond acceptors (Lipinski definition) is 9. The fraction of sp³-hybridized carbons (Fsp3) is 0.636. The van der Waals surface area contributed by atoms with Crippen molar-refractivity contribution < 1.29 is 54.9 Å². The van der Waals surface area contributed by atoms with Gasteiger partial charge in [0.05, 0.1) is 6.61 Å². The van der Waals surface area contributed by atoms with Gasteiger partial charge in [-0.2, -0.15) is 0 Å². The Labute approximate surface area is 125 Å². The van der Waals surface area contributed by atoms with Crippen molar-refractivity contribution in [1.29, 1.82) is 0 Å². The Kier molecular flexibility index (Phi) is 16.0. The van der Waals surface area contributed by atoms with E-state index < -0.39 is 48.7 Å². The molecule has 11 heteroatoms. The van der Waals surface area contributed by atoms with Crippen LogP contribution in [0.1, 0.15) is 13.8 Å². The molecule has 7 N–H and O–H groups in total. The molecule has 0 bridgehead atoms. The Morgan fingerprint density at radius 2 is 1.27 bits per heavy atom. The first kappa shape index (κ1) is 25.1. The number of aldehydes is 1. The van der Waals surface area contributed by atoms with E-state index in [1.807, 2.05) is 0 Å². The summed E-state index contributed by atoms with van der Waals surface area (Å²) in [6.07, 6.45) is -6.84. The highest BCUT2D eigenvalue weighted by molar-refractivity contribution is 6.31. The molecule has 0 rings (SSSR count). The number of hydrogen-bond donors (Lipinski definition) is 7. The molecule has 0 saturated heterocycles. The van der Waals surface area contributed by atoms with Gasteiger partial charge in [0.25, 0.3) is 5.97 Å². The second-order valence-corrected chi connectivity index (χ2v) is 3.74. The summed E-state index contributed by atoms with van der Waals surface area (Å²) in [5.74, 6) is -3.04. The van der Waals surface area contributed by atoms with Gasteiger partial charge in [0, 0.05) is 13.8 Å². The van der Waals surface area contributed by atoms with E-state index >= 15 is 0 Å². The van der Waals surface area contributed by atoms with Gasteiger partial charge in [-0.15, -0.1) is 0 Å². The average molecular weight is 328 g/mol. The largest absolute Gasteiger partial charge is 0.481 e. The molecule has 22 heavy (non-hydrogen) atoms. The van der Waals surface area contributed by atoms with Crippen molar-refractivity contribution in [2.75, 3.05) is 6.61 Å². The normalized spacial score (nSPS) is 14.7. The highest BCUT2D eigenvalue weighted by Crippen LogP contribution is 2.02. The molecule has 0 aliphatic carbocycles. The van der Waals surface area contributed by atoms with Gasteiger partial charge in [-0.1, -0.05) is 0 Å². The van der Waals surface area contributed by atoms with Gasteiger partial charge in [-0.25, -0.2) is 4.79 Å². The van der Waals surface area contributed by atoms with E-state index in [1.165, 1.54) is 0 Å². The maximum absolute atomic E-state index is 9.90. The van der Waals surface area contributed by atoms with E-state index in [2.05, 4.69) is 0 Å². The van der Waals surface area contributed by atoms with Crippen LogP contribution in [-0.4, -0.2) is 90.8 Å². The quantitative estimate of drug-likeness (QED) is 0.187. The molecule has 0 radical (unpaired) electrons. The highest BCUT2D eigenvalue weighted by atomic mass is 16.4. The lowest BCUT2D eigenvalue weighted by molar-refractivity contribution is -0.148. The number of ketones is 1. The van der Waals surface area contributed by atoms with Gasteiger partial charge in [0.1, 0.15) is 24.4 Å². The number of rotatable bonds is 6. The van der Waals surface area contributed by atoms with Crippen LogP contribution in [0.25, 0.3) is 0 Å². The molecule has 0 aromatic heterocycles. The number of carbonyl (C=O) groups excluding carboxylic acids is 2. The van der Waals surface area contributed by atoms with Crippen molar-refractivity contribution in [3.63, 3.8) is 0 Å². The lowest BCUT2D eigenvalue weighted by Crippen LogP contribution is -2.46. The van der Waals surface area contributed by atoms with Crippen LogP contribution in [0.5, 0.6) is 0 Å². The summed E-state index contributed by atoms with van der Waals surface area (Å²) in [5.41, 5.74) is 0. The monoisotopic (exact) mass is 328 g/mol. The zero-order chi connectivity index (χ0) is 18.5. The van der Waals surface area contributed by atoms with Gasteiger partial charge in [0.2, 0.25) is 5.78 Å². The molecule has 0 saturated carbocycles. The second kappa shape index (κ2) is 14.0. The zero-order valence-electron chi connectivity index (χ0n) is 11.9. The Balaban J connectivity index is -0.000000300. The SMILES string of the molecule is CC(=O)C(=O)O.CC(=O)O.O=C[C@H](O)[C@@H](O)[C@H](O)[C@H](O)CO. The average Bonchev–Trinajstić information content (AvgIpc) is 2.43. The Morgan fingerprint density at radius 3 is 1.45 bits per heavy atom. The maximum atomic E-state index is 9.90. The molecule has 0 aliphatic rings. The predicted octanol–water partition coefficient (Wildman–Crippen LogP) is -3.63. The van der Waals surface area contributed by atoms with Crippen molar-refractivity contribution in [3.05, 3.63) is 0 Å². The molecule has 0 fully saturated rings. The summed E-state index contributed by atoms with van der Waals surface area (Å²) in [4.78, 5) is 37.8. The third-order valence-electron chi connectivity index (χ3n) is 1.72. The van der Waals surface area contributed by atoms with Gasteiger partial charge < -0.3 is 40.5 Å². The minimum atomic E-state index is -1.79. The van der Waals surface area contributed by atoms with Crippen molar-refractivity contribution >= 4 is 24.0 Å². The topological polar surface area (TPSA) is 210 Å². The van der Waals surface area contributed by atoms with E-state index in [9.17, 15) is 14.4 Å². The molecular formula is C11H20O11. The molecule has 0 amide bonds. The molecule has 0 aromatic rings. The Morgan fingerprint density at radius 1 is 0.955 bits per heavy atom. The van der Waals surface area contributed by atoms with Crippen LogP contribution in [0.2, 0.25) is 0 Å². The number of carbonyl (C=O) groups is 4. The maximum Gasteiger partial charge on any atom is 0.371 e. The second-order valence-electron chi connectivity index (χ2n) is 3.74. The first-order chi connectivity index (χ1) is 9.91. The van der Waals surface area contributed by atoms with Crippen LogP contribution >= 0.6 is 0 Å². The number of aliphatic carboxylic acids is 2. The minimum absolute atomic E-state index is 0.0258. The van der Waals surface area contributed by atoms with Crippen LogP contribution in [0.3, 0.4) is 0 Å². The predicted molar refractivity (Wildman–Crippen MR) is 68.8 cm³/mol. The third-order valence-corrected chi connectivity index (χ3v) is 1.72. The fourth-order valence-corrected chi connectivity index (χ4v) is 0.618. The van der Waals surface area contributed by atoms with Crippen LogP contribution in [0, 0.1) is 0 Å². The number of carboxylic acids is 2. The minimum Gasteiger partial charge on any atom is -0.481 e. The van der Waals surface area contributed by atoms with Gasteiger partial charge in [-0.05, 0) is 0 Å². The zero-order valence-corrected chi connectivity index (χ0v) is 11.9. The van der Waals surface area contributed by atoms with E-state index in [0.717, 1.165) is 13.8 Å². The molecule has 0 heterocycles. The van der Waals surface area contributed by atoms with Gasteiger partial charge >= 0.3 is 5.97 Å². The van der Waals surface area contributed by atoms with Crippen LogP contribution in [0.15, 0.2) is 0 Å². The van der Waals surface area contributed by atoms with E-state index in [4.69, 9.17) is 40.5 Å². The molecule has 4 atom stereocenters. The molecule has 0 aliphatic heterocycles. The molecule has 0 unspecified atom stereocenters. The lowest BCUT2D eigenvalue weighted by Gasteiger charge is -2.22. The molecule has 0 spiro atoms. The standard InChI is InChI=1S/C6H12O6.C3H4O3.C2H4O2/c7-1-3(9)5(11)6(12)4(10)2-8;1-2(4)3(5)6;1-2(3)4/h1,3-6,8-12H,2H2;1H3,(H,5,6);1H3,(H,3,4)/t3-,4+,5+,6+;;/m0../s1. The highest BCUT2D eigenvalue weighted by Gasteiger charge is 2.29. The van der Waals surface area contributed by atoms with E-state index in [0.29, 0.717) is 0 Å². The summed E-state index contributed by atoms with van der Waals surface area (Å²) in [7, 11) is 0. The lowest BCUT2D eigenvalue weighted by atomic mass is 10.0. The third kappa shape index (κ3) is 16.1. The van der Waals surface area contributed by atoms with Crippen molar-refractivity contribution in [3.8, 4) is 0 Å². The first-order valence-electron chi connectivity index (χ1n) is 5.64. The van der Waals surface area contributed by atoms with Crippen molar-refractivity contribution in [1.82, 2.24) is 0 Å². The molecule has 11 nitrogen and oxygen atoms in total. The fourth-order valence-electron chi connectivity index (χ4n) is 0.618. The van der Waals surface area contributed by atoms with Crippen LogP contribution in [0.4, 0.5) is 0 Å². The molecule has 0 aromatic carbocycles. The van der Waals surface area contributed by atoms with E-state index in [-0.39, 0.29) is 6.29 Å². The summed E-state index contributed by atoms with van der Waals surface area (Å²) >= 11 is 0. The number of aliphatic hydroxyl groups is 5. The smallest absolute Gasteiger partial charge is 0.371 e. The number of aliphatic hydroxyl groups excluding tert-OH is 5. The Hall–Kier alpha value is -1.92. The van der Waals surface area contributed by atoms with Crippen molar-refractivity contribution in [2.45, 2.75) is 38.3 Å². The number of carboxylic acid groups (broad SMARTS) is 2. The summed E-state index contributed by atoms with van der Waals surface area (Å²) in [6.45, 7) is 1.33. The van der Waals surface area contributed by atoms with Gasteiger partial charge in [-0.3, -0.25) is 9.59 Å². The summed E-state index contributed by atoms with van der Waals surface area (Å²) in [6, 6.07) is 0. The summed E-state index contributed by atoms with van der Waals surface area (Å²) < 4.78 is 0. The summed E-state index contributed by atoms with van der Waals surface area (Å²) in [5, 5.41) is 58.6. The number of Topliss-reactive ketones (excluding diaryl/α,β-unsaturated/α-hetero) is 1. The van der Waals surface area contributed by atoms with Crippen molar-refractivity contribution in [2.24, 2.45) is 0 Å². The molecular weight excluding hydrogens is 308 g/mol. The van der Waals surface area contributed by atoms with Gasteiger partial charge in [0.15, 0.2) is 6.29 Å². The van der Waals surface area contributed by atoms with Crippen LogP contribution < -0.4 is 0 Å².